The van der Waals surface area contributed by atoms with E-state index < -0.39 is 0 Å². The number of rotatable bonds is 8. The predicted octanol–water partition coefficient (Wildman–Crippen LogP) is 6.07. The lowest BCUT2D eigenvalue weighted by molar-refractivity contribution is 0.199. The molecule has 0 fully saturated rings. The Labute approximate surface area is 198 Å². The zero-order valence-corrected chi connectivity index (χ0v) is 18.8. The van der Waals surface area contributed by atoms with Gasteiger partial charge in [0.15, 0.2) is 0 Å². The lowest BCUT2D eigenvalue weighted by atomic mass is 9.92. The Morgan fingerprint density at radius 3 is 1.32 bits per heavy atom. The molecule has 0 amide bonds. The standard InChI is InChI=1S/C30H26O4/c31-15-17-33-29-20-28(26-14-6-10-22-8-2-4-12-24(22)26)30(34-18-16-32)19-27(29)25-13-5-9-21-7-1-3-11-23(21)25/h1-14,19-20,31-32H,15-18H2. The van der Waals surface area contributed by atoms with Gasteiger partial charge in [-0.05, 0) is 44.8 Å². The topological polar surface area (TPSA) is 58.9 Å². The summed E-state index contributed by atoms with van der Waals surface area (Å²) in [5.41, 5.74) is 3.79. The first-order chi connectivity index (χ1) is 16.8. The van der Waals surface area contributed by atoms with Gasteiger partial charge >= 0.3 is 0 Å². The van der Waals surface area contributed by atoms with E-state index in [1.54, 1.807) is 0 Å². The van der Waals surface area contributed by atoms with Gasteiger partial charge in [-0.1, -0.05) is 84.9 Å². The molecular weight excluding hydrogens is 424 g/mol. The van der Waals surface area contributed by atoms with Gasteiger partial charge in [-0.3, -0.25) is 0 Å². The number of hydrogen-bond acceptors (Lipinski definition) is 4. The largest absolute Gasteiger partial charge is 0.491 e. The van der Waals surface area contributed by atoms with Crippen LogP contribution in [0.1, 0.15) is 0 Å². The Morgan fingerprint density at radius 1 is 0.471 bits per heavy atom. The highest BCUT2D eigenvalue weighted by atomic mass is 16.5. The molecule has 5 aromatic carbocycles. The first-order valence-electron chi connectivity index (χ1n) is 11.4. The molecule has 4 nitrogen and oxygen atoms in total. The third kappa shape index (κ3) is 4.21. The second-order valence-electron chi connectivity index (χ2n) is 8.04. The molecule has 34 heavy (non-hydrogen) atoms. The number of benzene rings is 5. The second-order valence-corrected chi connectivity index (χ2v) is 8.04. The van der Waals surface area contributed by atoms with Crippen molar-refractivity contribution in [2.24, 2.45) is 0 Å². The lowest BCUT2D eigenvalue weighted by Crippen LogP contribution is -2.06. The van der Waals surface area contributed by atoms with Crippen LogP contribution in [0, 0.1) is 0 Å². The van der Waals surface area contributed by atoms with Crippen molar-refractivity contribution in [1.29, 1.82) is 0 Å². The van der Waals surface area contributed by atoms with E-state index >= 15 is 0 Å². The zero-order valence-electron chi connectivity index (χ0n) is 18.8. The summed E-state index contributed by atoms with van der Waals surface area (Å²) in [7, 11) is 0. The van der Waals surface area contributed by atoms with Crippen LogP contribution in [0.25, 0.3) is 43.8 Å². The fourth-order valence-electron chi connectivity index (χ4n) is 4.45. The summed E-state index contributed by atoms with van der Waals surface area (Å²) in [6.07, 6.45) is 0. The highest BCUT2D eigenvalue weighted by Gasteiger charge is 2.18. The molecule has 4 heteroatoms. The molecule has 5 rings (SSSR count). The van der Waals surface area contributed by atoms with Gasteiger partial charge in [0.05, 0.1) is 13.2 Å². The van der Waals surface area contributed by atoms with Crippen LogP contribution in [0.15, 0.2) is 97.1 Å². The molecule has 0 bridgehead atoms. The molecule has 0 saturated carbocycles. The molecule has 0 aliphatic carbocycles. The van der Waals surface area contributed by atoms with Crippen LogP contribution in [0.3, 0.4) is 0 Å². The Bertz CT molecular complexity index is 1320. The fourth-order valence-corrected chi connectivity index (χ4v) is 4.45. The molecule has 5 aromatic rings. The van der Waals surface area contributed by atoms with Gasteiger partial charge in [-0.15, -0.1) is 0 Å². The number of fused-ring (bicyclic) bond motifs is 2. The van der Waals surface area contributed by atoms with Gasteiger partial charge in [0, 0.05) is 11.1 Å². The lowest BCUT2D eigenvalue weighted by Gasteiger charge is -2.19. The fraction of sp³-hybridized carbons (Fsp3) is 0.133. The van der Waals surface area contributed by atoms with Crippen molar-refractivity contribution in [3.8, 4) is 33.8 Å². The quantitative estimate of drug-likeness (QED) is 0.301. The van der Waals surface area contributed by atoms with Crippen LogP contribution < -0.4 is 9.47 Å². The minimum Gasteiger partial charge on any atom is -0.491 e. The zero-order chi connectivity index (χ0) is 23.3. The molecule has 170 valence electrons. The van der Waals surface area contributed by atoms with E-state index in [0.717, 1.165) is 43.8 Å². The third-order valence-corrected chi connectivity index (χ3v) is 5.94. The van der Waals surface area contributed by atoms with E-state index in [1.807, 2.05) is 48.5 Å². The third-order valence-electron chi connectivity index (χ3n) is 5.94. The molecule has 0 radical (unpaired) electrons. The van der Waals surface area contributed by atoms with Gasteiger partial charge < -0.3 is 19.7 Å². The van der Waals surface area contributed by atoms with Crippen LogP contribution in [-0.4, -0.2) is 36.6 Å². The molecule has 0 saturated heterocycles. The van der Waals surface area contributed by atoms with E-state index in [9.17, 15) is 10.2 Å². The van der Waals surface area contributed by atoms with Crippen molar-refractivity contribution < 1.29 is 19.7 Å². The van der Waals surface area contributed by atoms with Gasteiger partial charge in [0.2, 0.25) is 0 Å². The van der Waals surface area contributed by atoms with Gasteiger partial charge in [-0.25, -0.2) is 0 Å². The summed E-state index contributed by atoms with van der Waals surface area (Å²) in [4.78, 5) is 0. The number of aliphatic hydroxyl groups is 2. The molecule has 2 N–H and O–H groups in total. The molecular formula is C30H26O4. The predicted molar refractivity (Wildman–Crippen MR) is 137 cm³/mol. The average molecular weight is 451 g/mol. The van der Waals surface area contributed by atoms with E-state index in [4.69, 9.17) is 9.47 Å². The summed E-state index contributed by atoms with van der Waals surface area (Å²) < 4.78 is 12.1. The second kappa shape index (κ2) is 9.96. The Morgan fingerprint density at radius 2 is 0.882 bits per heavy atom. The van der Waals surface area contributed by atoms with Gasteiger partial charge in [0.1, 0.15) is 24.7 Å². The van der Waals surface area contributed by atoms with Crippen molar-refractivity contribution in [2.45, 2.75) is 0 Å². The maximum absolute atomic E-state index is 9.48. The first kappa shape index (κ1) is 22.0. The van der Waals surface area contributed by atoms with E-state index in [-0.39, 0.29) is 26.4 Å². The smallest absolute Gasteiger partial charge is 0.128 e. The summed E-state index contributed by atoms with van der Waals surface area (Å²) in [5.74, 6) is 1.34. The maximum Gasteiger partial charge on any atom is 0.128 e. The van der Waals surface area contributed by atoms with Crippen LogP contribution in [0.2, 0.25) is 0 Å². The van der Waals surface area contributed by atoms with Crippen molar-refractivity contribution in [2.75, 3.05) is 26.4 Å². The normalized spacial score (nSPS) is 11.1. The minimum atomic E-state index is -0.0820. The maximum atomic E-state index is 9.48. The SMILES string of the molecule is OCCOc1cc(-c2cccc3ccccc23)c(OCCO)cc1-c1cccc2ccccc12. The van der Waals surface area contributed by atoms with Crippen molar-refractivity contribution in [1.82, 2.24) is 0 Å². The summed E-state index contributed by atoms with van der Waals surface area (Å²) in [5, 5.41) is 23.4. The molecule has 0 aromatic heterocycles. The van der Waals surface area contributed by atoms with Crippen LogP contribution in [0.5, 0.6) is 11.5 Å². The van der Waals surface area contributed by atoms with Crippen molar-refractivity contribution in [3.05, 3.63) is 97.1 Å². The van der Waals surface area contributed by atoms with E-state index in [0.29, 0.717) is 11.5 Å². The Kier molecular flexibility index (Phi) is 6.43. The van der Waals surface area contributed by atoms with Crippen LogP contribution in [0.4, 0.5) is 0 Å². The first-order valence-corrected chi connectivity index (χ1v) is 11.4. The molecule has 0 unspecified atom stereocenters. The van der Waals surface area contributed by atoms with Gasteiger partial charge in [-0.2, -0.15) is 0 Å². The van der Waals surface area contributed by atoms with E-state index in [1.165, 1.54) is 0 Å². The summed E-state index contributed by atoms with van der Waals surface area (Å²) in [6.45, 7) is 0.204. The molecule has 0 aliphatic heterocycles. The van der Waals surface area contributed by atoms with E-state index in [2.05, 4.69) is 48.5 Å². The Balaban J connectivity index is 1.78. The monoisotopic (exact) mass is 450 g/mol. The van der Waals surface area contributed by atoms with Crippen LogP contribution in [-0.2, 0) is 0 Å². The van der Waals surface area contributed by atoms with Gasteiger partial charge in [0.25, 0.3) is 0 Å². The van der Waals surface area contributed by atoms with Crippen molar-refractivity contribution in [3.63, 3.8) is 0 Å². The number of hydrogen-bond donors (Lipinski definition) is 2. The molecule has 0 atom stereocenters. The molecule has 0 aliphatic rings. The highest BCUT2D eigenvalue weighted by molar-refractivity contribution is 6.01. The summed E-state index contributed by atoms with van der Waals surface area (Å²) >= 11 is 0. The van der Waals surface area contributed by atoms with Crippen LogP contribution >= 0.6 is 0 Å². The van der Waals surface area contributed by atoms with Crippen molar-refractivity contribution >= 4 is 21.5 Å². The minimum absolute atomic E-state index is 0.0820. The average Bonchev–Trinajstić information content (AvgIpc) is 2.90. The molecule has 0 heterocycles. The highest BCUT2D eigenvalue weighted by Crippen LogP contribution is 2.44. The Hall–Kier alpha value is -3.86. The number of aliphatic hydroxyl groups excluding tert-OH is 2. The molecule has 0 spiro atoms. The summed E-state index contributed by atoms with van der Waals surface area (Å²) in [6, 6.07) is 32.8. The number of ether oxygens (including phenoxy) is 2.